The van der Waals surface area contributed by atoms with Crippen molar-refractivity contribution in [3.63, 3.8) is 0 Å². The van der Waals surface area contributed by atoms with E-state index < -0.39 is 0 Å². The van der Waals surface area contributed by atoms with Crippen LogP contribution in [0.2, 0.25) is 0 Å². The van der Waals surface area contributed by atoms with Gasteiger partial charge < -0.3 is 9.80 Å². The molecule has 0 aliphatic carbocycles. The number of para-hydroxylation sites is 2. The molecular formula is C34H30N2. The predicted octanol–water partition coefficient (Wildman–Crippen LogP) is 9.29. The summed E-state index contributed by atoms with van der Waals surface area (Å²) in [6.07, 6.45) is 0. The van der Waals surface area contributed by atoms with Gasteiger partial charge in [-0.3, -0.25) is 0 Å². The number of nitrogens with zero attached hydrogens (tertiary/aromatic N) is 2. The van der Waals surface area contributed by atoms with Crippen molar-refractivity contribution < 1.29 is 0 Å². The molecule has 0 amide bonds. The highest BCUT2D eigenvalue weighted by Gasteiger charge is 2.13. The number of hydrogen-bond acceptors (Lipinski definition) is 2. The van der Waals surface area contributed by atoms with Crippen molar-refractivity contribution in [2.24, 2.45) is 0 Å². The Hall–Kier alpha value is -4.56. The quantitative estimate of drug-likeness (QED) is 0.236. The molecule has 0 saturated heterocycles. The molecule has 5 aromatic carbocycles. The van der Waals surface area contributed by atoms with Crippen LogP contribution in [-0.4, -0.2) is 7.05 Å². The zero-order valence-corrected chi connectivity index (χ0v) is 20.8. The molecule has 176 valence electrons. The molecule has 0 aromatic heterocycles. The van der Waals surface area contributed by atoms with E-state index in [9.17, 15) is 0 Å². The first-order valence-corrected chi connectivity index (χ1v) is 12.2. The third kappa shape index (κ3) is 4.94. The molecule has 0 aliphatic heterocycles. The monoisotopic (exact) mass is 466 g/mol. The van der Waals surface area contributed by atoms with E-state index in [4.69, 9.17) is 0 Å². The molecule has 36 heavy (non-hydrogen) atoms. The van der Waals surface area contributed by atoms with E-state index in [2.05, 4.69) is 152 Å². The number of anilines is 5. The Bertz CT molecular complexity index is 1440. The van der Waals surface area contributed by atoms with Gasteiger partial charge in [0.25, 0.3) is 0 Å². The van der Waals surface area contributed by atoms with Crippen LogP contribution in [0.25, 0.3) is 5.57 Å². The summed E-state index contributed by atoms with van der Waals surface area (Å²) in [5.41, 5.74) is 10.2. The van der Waals surface area contributed by atoms with Gasteiger partial charge >= 0.3 is 0 Å². The number of hydrogen-bond donors (Lipinski definition) is 0. The highest BCUT2D eigenvalue weighted by atomic mass is 15.1. The Labute approximate surface area is 214 Å². The lowest BCUT2D eigenvalue weighted by molar-refractivity contribution is 1.21. The normalized spacial score (nSPS) is 10.6. The Morgan fingerprint density at radius 1 is 0.500 bits per heavy atom. The molecule has 0 radical (unpaired) electrons. The van der Waals surface area contributed by atoms with Gasteiger partial charge in [0.05, 0.1) is 0 Å². The number of aryl methyl sites for hydroxylation is 1. The zero-order valence-electron chi connectivity index (χ0n) is 20.8. The third-order valence-electron chi connectivity index (χ3n) is 6.49. The smallest absolute Gasteiger partial charge is 0.0464 e. The van der Waals surface area contributed by atoms with E-state index in [1.807, 2.05) is 12.1 Å². The predicted molar refractivity (Wildman–Crippen MR) is 155 cm³/mol. The summed E-state index contributed by atoms with van der Waals surface area (Å²) < 4.78 is 0. The average Bonchev–Trinajstić information content (AvgIpc) is 2.94. The minimum absolute atomic E-state index is 1.01. The van der Waals surface area contributed by atoms with Gasteiger partial charge in [-0.05, 0) is 89.9 Å². The highest BCUT2D eigenvalue weighted by Crippen LogP contribution is 2.36. The first kappa shape index (κ1) is 23.2. The SMILES string of the molecule is C=C(c1ccc(N(C)c2ccccc2)cc1)c1ccc(N(c2ccccc2)c2cccc(C)c2)cc1. The Balaban J connectivity index is 1.40. The van der Waals surface area contributed by atoms with E-state index in [0.29, 0.717) is 0 Å². The summed E-state index contributed by atoms with van der Waals surface area (Å²) in [6, 6.07) is 46.7. The molecule has 2 heteroatoms. The lowest BCUT2D eigenvalue weighted by atomic mass is 9.98. The lowest BCUT2D eigenvalue weighted by Crippen LogP contribution is -2.10. The van der Waals surface area contributed by atoms with Gasteiger partial charge in [-0.15, -0.1) is 0 Å². The van der Waals surface area contributed by atoms with E-state index in [1.165, 1.54) is 5.56 Å². The zero-order chi connectivity index (χ0) is 24.9. The van der Waals surface area contributed by atoms with E-state index in [1.54, 1.807) is 0 Å². The fourth-order valence-electron chi connectivity index (χ4n) is 4.46. The molecule has 0 heterocycles. The lowest BCUT2D eigenvalue weighted by Gasteiger charge is -2.26. The molecule has 0 N–H and O–H groups in total. The van der Waals surface area contributed by atoms with Crippen molar-refractivity contribution in [1.29, 1.82) is 0 Å². The second-order valence-corrected chi connectivity index (χ2v) is 8.98. The molecule has 0 bridgehead atoms. The number of benzene rings is 5. The van der Waals surface area contributed by atoms with Gasteiger partial charge in [0.15, 0.2) is 0 Å². The molecular weight excluding hydrogens is 436 g/mol. The topological polar surface area (TPSA) is 6.48 Å². The minimum Gasteiger partial charge on any atom is -0.345 e. The molecule has 0 saturated carbocycles. The summed E-state index contributed by atoms with van der Waals surface area (Å²) >= 11 is 0. The summed E-state index contributed by atoms with van der Waals surface area (Å²) in [4.78, 5) is 4.47. The van der Waals surface area contributed by atoms with Gasteiger partial charge in [0.2, 0.25) is 0 Å². The summed E-state index contributed by atoms with van der Waals surface area (Å²) in [5, 5.41) is 0. The first-order chi connectivity index (χ1) is 17.6. The molecule has 0 aliphatic rings. The van der Waals surface area contributed by atoms with Crippen LogP contribution >= 0.6 is 0 Å². The van der Waals surface area contributed by atoms with Crippen LogP contribution < -0.4 is 9.80 Å². The summed E-state index contributed by atoms with van der Waals surface area (Å²) in [6.45, 7) is 6.53. The van der Waals surface area contributed by atoms with Crippen LogP contribution in [-0.2, 0) is 0 Å². The second kappa shape index (κ2) is 10.4. The molecule has 2 nitrogen and oxygen atoms in total. The highest BCUT2D eigenvalue weighted by molar-refractivity contribution is 5.82. The molecule has 0 spiro atoms. The van der Waals surface area contributed by atoms with Gasteiger partial charge in [-0.1, -0.05) is 79.4 Å². The van der Waals surface area contributed by atoms with Crippen molar-refractivity contribution in [2.75, 3.05) is 16.8 Å². The average molecular weight is 467 g/mol. The maximum absolute atomic E-state index is 4.40. The van der Waals surface area contributed by atoms with E-state index >= 15 is 0 Å². The molecule has 0 atom stereocenters. The minimum atomic E-state index is 1.01. The van der Waals surface area contributed by atoms with Gasteiger partial charge in [0.1, 0.15) is 0 Å². The maximum Gasteiger partial charge on any atom is 0.0464 e. The van der Waals surface area contributed by atoms with Crippen molar-refractivity contribution in [3.8, 4) is 0 Å². The van der Waals surface area contributed by atoms with Crippen LogP contribution in [0.4, 0.5) is 28.4 Å². The van der Waals surface area contributed by atoms with Crippen LogP contribution in [0, 0.1) is 6.92 Å². The fourth-order valence-corrected chi connectivity index (χ4v) is 4.46. The molecule has 5 rings (SSSR count). The van der Waals surface area contributed by atoms with Crippen LogP contribution in [0.5, 0.6) is 0 Å². The fraction of sp³-hybridized carbons (Fsp3) is 0.0588. The van der Waals surface area contributed by atoms with Crippen LogP contribution in [0.15, 0.2) is 140 Å². The Morgan fingerprint density at radius 2 is 0.944 bits per heavy atom. The summed E-state index contributed by atoms with van der Waals surface area (Å²) in [7, 11) is 2.09. The van der Waals surface area contributed by atoms with Crippen molar-refractivity contribution >= 4 is 34.0 Å². The molecule has 0 unspecified atom stereocenters. The summed E-state index contributed by atoms with van der Waals surface area (Å²) in [5.74, 6) is 0. The standard InChI is InChI=1S/C34H30N2/c1-26-11-10-16-34(25-26)36(32-14-8-5-9-15-32)33-23-19-29(20-24-33)27(2)28-17-21-31(22-18-28)35(3)30-12-6-4-7-13-30/h4-25H,2H2,1,3H3. The maximum atomic E-state index is 4.40. The van der Waals surface area contributed by atoms with Crippen LogP contribution in [0.3, 0.4) is 0 Å². The largest absolute Gasteiger partial charge is 0.345 e. The van der Waals surface area contributed by atoms with Crippen molar-refractivity contribution in [1.82, 2.24) is 0 Å². The van der Waals surface area contributed by atoms with Gasteiger partial charge in [0, 0.05) is 35.5 Å². The van der Waals surface area contributed by atoms with E-state index in [-0.39, 0.29) is 0 Å². The third-order valence-corrected chi connectivity index (χ3v) is 6.49. The molecule has 5 aromatic rings. The first-order valence-electron chi connectivity index (χ1n) is 12.2. The number of rotatable bonds is 7. The van der Waals surface area contributed by atoms with Crippen LogP contribution in [0.1, 0.15) is 16.7 Å². The Morgan fingerprint density at radius 3 is 1.50 bits per heavy atom. The second-order valence-electron chi connectivity index (χ2n) is 8.98. The van der Waals surface area contributed by atoms with Crippen molar-refractivity contribution in [2.45, 2.75) is 6.92 Å². The molecule has 0 fully saturated rings. The van der Waals surface area contributed by atoms with Crippen molar-refractivity contribution in [3.05, 3.63) is 157 Å². The van der Waals surface area contributed by atoms with Gasteiger partial charge in [-0.25, -0.2) is 0 Å². The van der Waals surface area contributed by atoms with Gasteiger partial charge in [-0.2, -0.15) is 0 Å². The Kier molecular flexibility index (Phi) is 6.68. The van der Waals surface area contributed by atoms with E-state index in [0.717, 1.165) is 45.1 Å².